The smallest absolute Gasteiger partial charge is 0.243 e. The predicted molar refractivity (Wildman–Crippen MR) is 113 cm³/mol. The number of morpholine rings is 1. The lowest BCUT2D eigenvalue weighted by Crippen LogP contribution is -2.42. The van der Waals surface area contributed by atoms with Crippen LogP contribution < -0.4 is 10.2 Å². The molecule has 2 saturated heterocycles. The lowest BCUT2D eigenvalue weighted by atomic mass is 10.1. The second kappa shape index (κ2) is 9.64. The van der Waals surface area contributed by atoms with Crippen molar-refractivity contribution >= 4 is 27.5 Å². The summed E-state index contributed by atoms with van der Waals surface area (Å²) in [6, 6.07) is 4.83. The van der Waals surface area contributed by atoms with Gasteiger partial charge in [0.1, 0.15) is 6.54 Å². The van der Waals surface area contributed by atoms with Gasteiger partial charge in [0.2, 0.25) is 21.8 Å². The molecule has 0 aromatic heterocycles. The van der Waals surface area contributed by atoms with Crippen molar-refractivity contribution in [2.24, 2.45) is 0 Å². The molecule has 3 heterocycles. The molecule has 0 saturated carbocycles. The average Bonchev–Trinajstić information content (AvgIpc) is 3.25. The number of ether oxygens (including phenoxy) is 2. The SMILES string of the molecule is O=C(CN1C(=O)CCCc2cc(S(=O)(=O)N3CCOCC3)ccc21)NCC1CCCO1. The van der Waals surface area contributed by atoms with Gasteiger partial charge >= 0.3 is 0 Å². The molecule has 2 amide bonds. The quantitative estimate of drug-likeness (QED) is 0.682. The zero-order valence-corrected chi connectivity index (χ0v) is 18.4. The van der Waals surface area contributed by atoms with Crippen molar-refractivity contribution < 1.29 is 27.5 Å². The van der Waals surface area contributed by atoms with Crippen LogP contribution in [0.4, 0.5) is 5.69 Å². The first-order valence-corrected chi connectivity index (χ1v) is 12.3. The zero-order chi connectivity index (χ0) is 21.8. The van der Waals surface area contributed by atoms with Crippen molar-refractivity contribution in [1.82, 2.24) is 9.62 Å². The number of benzene rings is 1. The van der Waals surface area contributed by atoms with E-state index in [1.165, 1.54) is 15.3 Å². The Bertz CT molecular complexity index is 923. The van der Waals surface area contributed by atoms with Gasteiger partial charge in [0.15, 0.2) is 0 Å². The first kappa shape index (κ1) is 22.2. The maximum absolute atomic E-state index is 13.0. The van der Waals surface area contributed by atoms with Gasteiger partial charge in [-0.25, -0.2) is 8.42 Å². The second-order valence-corrected chi connectivity index (χ2v) is 10.0. The molecule has 31 heavy (non-hydrogen) atoms. The average molecular weight is 452 g/mol. The highest BCUT2D eigenvalue weighted by Crippen LogP contribution is 2.30. The number of nitrogens with zero attached hydrogens (tertiary/aromatic N) is 2. The number of carbonyl (C=O) groups excluding carboxylic acids is 2. The first-order chi connectivity index (χ1) is 14.9. The van der Waals surface area contributed by atoms with E-state index in [2.05, 4.69) is 5.32 Å². The minimum Gasteiger partial charge on any atom is -0.379 e. The molecule has 1 unspecified atom stereocenters. The molecule has 170 valence electrons. The van der Waals surface area contributed by atoms with E-state index in [9.17, 15) is 18.0 Å². The fourth-order valence-electron chi connectivity index (χ4n) is 4.23. The molecule has 10 heteroatoms. The molecule has 4 rings (SSSR count). The van der Waals surface area contributed by atoms with E-state index < -0.39 is 10.0 Å². The molecule has 0 spiro atoms. The van der Waals surface area contributed by atoms with E-state index in [0.717, 1.165) is 18.4 Å². The fourth-order valence-corrected chi connectivity index (χ4v) is 5.69. The first-order valence-electron chi connectivity index (χ1n) is 10.8. The summed E-state index contributed by atoms with van der Waals surface area (Å²) in [6.45, 7) is 2.48. The molecule has 0 radical (unpaired) electrons. The Hall–Kier alpha value is -2.01. The molecule has 1 aromatic carbocycles. The Morgan fingerprint density at radius 2 is 1.94 bits per heavy atom. The summed E-state index contributed by atoms with van der Waals surface area (Å²) in [5, 5.41) is 2.85. The summed E-state index contributed by atoms with van der Waals surface area (Å²) in [6.07, 6.45) is 3.46. The van der Waals surface area contributed by atoms with Crippen LogP contribution in [-0.4, -0.2) is 76.6 Å². The standard InChI is InChI=1S/C21H29N3O6S/c25-20(22-14-17-4-2-10-30-17)15-24-19-7-6-18(13-16(19)3-1-5-21(24)26)31(27,28)23-8-11-29-12-9-23/h6-7,13,17H,1-5,8-12,14-15H2,(H,22,25). The number of hydrogen-bond donors (Lipinski definition) is 1. The van der Waals surface area contributed by atoms with Crippen LogP contribution in [-0.2, 0) is 35.5 Å². The van der Waals surface area contributed by atoms with E-state index in [0.29, 0.717) is 64.4 Å². The van der Waals surface area contributed by atoms with Crippen LogP contribution in [0, 0.1) is 0 Å². The van der Waals surface area contributed by atoms with Crippen molar-refractivity contribution in [3.05, 3.63) is 23.8 Å². The molecular formula is C21H29N3O6S. The Balaban J connectivity index is 1.51. The molecule has 1 atom stereocenters. The fraction of sp³-hybridized carbons (Fsp3) is 0.619. The summed E-state index contributed by atoms with van der Waals surface area (Å²) < 4.78 is 38.2. The monoisotopic (exact) mass is 451 g/mol. The number of sulfonamides is 1. The summed E-state index contributed by atoms with van der Waals surface area (Å²) in [4.78, 5) is 26.9. The highest BCUT2D eigenvalue weighted by molar-refractivity contribution is 7.89. The van der Waals surface area contributed by atoms with E-state index >= 15 is 0 Å². The zero-order valence-electron chi connectivity index (χ0n) is 17.5. The lowest BCUT2D eigenvalue weighted by molar-refractivity contribution is -0.124. The minimum atomic E-state index is -3.62. The van der Waals surface area contributed by atoms with Crippen molar-refractivity contribution in [3.8, 4) is 0 Å². The largest absolute Gasteiger partial charge is 0.379 e. The Kier molecular flexibility index (Phi) is 6.90. The molecule has 9 nitrogen and oxygen atoms in total. The number of rotatable bonds is 6. The summed E-state index contributed by atoms with van der Waals surface area (Å²) in [5.41, 5.74) is 1.38. The van der Waals surface area contributed by atoms with Crippen molar-refractivity contribution in [2.75, 3.05) is 50.9 Å². The minimum absolute atomic E-state index is 0.0315. The molecule has 2 fully saturated rings. The molecule has 1 N–H and O–H groups in total. The maximum Gasteiger partial charge on any atom is 0.243 e. The Morgan fingerprint density at radius 3 is 2.68 bits per heavy atom. The van der Waals surface area contributed by atoms with Crippen molar-refractivity contribution in [2.45, 2.75) is 43.1 Å². The van der Waals surface area contributed by atoms with Crippen LogP contribution in [0.25, 0.3) is 0 Å². The number of fused-ring (bicyclic) bond motifs is 1. The number of amides is 2. The Labute approximate surface area is 182 Å². The van der Waals surface area contributed by atoms with Crippen LogP contribution in [0.3, 0.4) is 0 Å². The second-order valence-electron chi connectivity index (χ2n) is 8.08. The molecular weight excluding hydrogens is 422 g/mol. The van der Waals surface area contributed by atoms with Crippen LogP contribution in [0.5, 0.6) is 0 Å². The van der Waals surface area contributed by atoms with Gasteiger partial charge in [-0.05, 0) is 49.4 Å². The summed E-state index contributed by atoms with van der Waals surface area (Å²) in [5.74, 6) is -0.378. The number of hydrogen-bond acceptors (Lipinski definition) is 6. The van der Waals surface area contributed by atoms with Crippen LogP contribution in [0.2, 0.25) is 0 Å². The van der Waals surface area contributed by atoms with Gasteiger partial charge in [0, 0.05) is 38.3 Å². The summed E-state index contributed by atoms with van der Waals surface area (Å²) >= 11 is 0. The van der Waals surface area contributed by atoms with Crippen LogP contribution >= 0.6 is 0 Å². The number of carbonyl (C=O) groups is 2. The molecule has 3 aliphatic heterocycles. The van der Waals surface area contributed by atoms with Crippen molar-refractivity contribution in [1.29, 1.82) is 0 Å². The van der Waals surface area contributed by atoms with E-state index in [1.807, 2.05) is 0 Å². The van der Waals surface area contributed by atoms with E-state index in [4.69, 9.17) is 9.47 Å². The molecule has 1 aromatic rings. The van der Waals surface area contributed by atoms with Crippen LogP contribution in [0.15, 0.2) is 23.1 Å². The van der Waals surface area contributed by atoms with Gasteiger partial charge < -0.3 is 19.7 Å². The predicted octanol–water partition coefficient (Wildman–Crippen LogP) is 0.672. The number of anilines is 1. The van der Waals surface area contributed by atoms with Gasteiger partial charge in [0.25, 0.3) is 0 Å². The van der Waals surface area contributed by atoms with E-state index in [-0.39, 0.29) is 29.4 Å². The number of nitrogens with one attached hydrogen (secondary N) is 1. The van der Waals surface area contributed by atoms with Crippen molar-refractivity contribution in [3.63, 3.8) is 0 Å². The van der Waals surface area contributed by atoms with E-state index in [1.54, 1.807) is 12.1 Å². The topological polar surface area (TPSA) is 105 Å². The molecule has 0 aliphatic carbocycles. The Morgan fingerprint density at radius 1 is 1.13 bits per heavy atom. The maximum atomic E-state index is 13.0. The van der Waals surface area contributed by atoms with Gasteiger partial charge in [-0.1, -0.05) is 0 Å². The molecule has 0 bridgehead atoms. The normalized spacial score (nSPS) is 22.8. The summed E-state index contributed by atoms with van der Waals surface area (Å²) in [7, 11) is -3.62. The third-order valence-electron chi connectivity index (χ3n) is 5.94. The highest BCUT2D eigenvalue weighted by atomic mass is 32.2. The lowest BCUT2D eigenvalue weighted by Gasteiger charge is -2.27. The number of aryl methyl sites for hydroxylation is 1. The van der Waals surface area contributed by atoms with Gasteiger partial charge in [-0.15, -0.1) is 0 Å². The highest BCUT2D eigenvalue weighted by Gasteiger charge is 2.30. The van der Waals surface area contributed by atoms with Crippen LogP contribution in [0.1, 0.15) is 31.2 Å². The molecule has 3 aliphatic rings. The third-order valence-corrected chi connectivity index (χ3v) is 7.83. The van der Waals surface area contributed by atoms with Gasteiger partial charge in [0.05, 0.1) is 24.2 Å². The van der Waals surface area contributed by atoms with Gasteiger partial charge in [-0.3, -0.25) is 9.59 Å². The van der Waals surface area contributed by atoms with Gasteiger partial charge in [-0.2, -0.15) is 4.31 Å². The third kappa shape index (κ3) is 5.08.